The van der Waals surface area contributed by atoms with Crippen molar-refractivity contribution in [2.24, 2.45) is 0 Å². The highest BCUT2D eigenvalue weighted by Crippen LogP contribution is 2.28. The SMILES string of the molecule is O=Cc1cc(Br)ccc1Oc1cccc(Cl)c1. The third-order valence-electron chi connectivity index (χ3n) is 2.12. The number of aldehydes is 1. The maximum atomic E-state index is 10.9. The number of benzene rings is 2. The summed E-state index contributed by atoms with van der Waals surface area (Å²) in [7, 11) is 0. The highest BCUT2D eigenvalue weighted by molar-refractivity contribution is 9.10. The van der Waals surface area contributed by atoms with E-state index in [0.717, 1.165) is 10.8 Å². The average molecular weight is 312 g/mol. The van der Waals surface area contributed by atoms with Crippen LogP contribution in [0.3, 0.4) is 0 Å². The Hall–Kier alpha value is -1.32. The Bertz CT molecular complexity index is 555. The molecule has 0 aliphatic carbocycles. The lowest BCUT2D eigenvalue weighted by Gasteiger charge is -2.08. The van der Waals surface area contributed by atoms with Crippen LogP contribution in [0.4, 0.5) is 0 Å². The first-order chi connectivity index (χ1) is 8.19. The number of carbonyl (C=O) groups is 1. The third kappa shape index (κ3) is 3.08. The second kappa shape index (κ2) is 5.34. The number of hydrogen-bond donors (Lipinski definition) is 0. The van der Waals surface area contributed by atoms with E-state index in [0.29, 0.717) is 22.1 Å². The Balaban J connectivity index is 2.32. The molecule has 0 aliphatic rings. The minimum Gasteiger partial charge on any atom is -0.457 e. The van der Waals surface area contributed by atoms with Gasteiger partial charge in [0.05, 0.1) is 5.56 Å². The van der Waals surface area contributed by atoms with Gasteiger partial charge in [0.1, 0.15) is 11.5 Å². The van der Waals surface area contributed by atoms with Crippen molar-refractivity contribution in [3.8, 4) is 11.5 Å². The van der Waals surface area contributed by atoms with Crippen molar-refractivity contribution in [3.05, 3.63) is 57.5 Å². The Morgan fingerprint density at radius 2 is 2.00 bits per heavy atom. The van der Waals surface area contributed by atoms with Gasteiger partial charge < -0.3 is 4.74 Å². The Morgan fingerprint density at radius 3 is 2.71 bits per heavy atom. The fourth-order valence-corrected chi connectivity index (χ4v) is 1.92. The van der Waals surface area contributed by atoms with E-state index in [1.54, 1.807) is 36.4 Å². The second-order valence-corrected chi connectivity index (χ2v) is 4.71. The van der Waals surface area contributed by atoms with Gasteiger partial charge in [-0.15, -0.1) is 0 Å². The minimum atomic E-state index is 0.486. The molecule has 0 bridgehead atoms. The molecule has 0 atom stereocenters. The van der Waals surface area contributed by atoms with Crippen molar-refractivity contribution in [2.45, 2.75) is 0 Å². The van der Waals surface area contributed by atoms with Crippen molar-refractivity contribution < 1.29 is 9.53 Å². The zero-order valence-corrected chi connectivity index (χ0v) is 11.0. The van der Waals surface area contributed by atoms with Crippen LogP contribution in [0.5, 0.6) is 11.5 Å². The molecule has 0 fully saturated rings. The molecule has 0 radical (unpaired) electrons. The second-order valence-electron chi connectivity index (χ2n) is 3.36. The van der Waals surface area contributed by atoms with E-state index in [-0.39, 0.29) is 0 Å². The fraction of sp³-hybridized carbons (Fsp3) is 0. The van der Waals surface area contributed by atoms with E-state index in [1.165, 1.54) is 0 Å². The van der Waals surface area contributed by atoms with Gasteiger partial charge in [0.25, 0.3) is 0 Å². The van der Waals surface area contributed by atoms with Crippen molar-refractivity contribution in [2.75, 3.05) is 0 Å². The van der Waals surface area contributed by atoms with E-state index >= 15 is 0 Å². The summed E-state index contributed by atoms with van der Waals surface area (Å²) in [5, 5.41) is 0.590. The molecule has 86 valence electrons. The summed E-state index contributed by atoms with van der Waals surface area (Å²) in [6.45, 7) is 0. The molecule has 0 saturated heterocycles. The Kier molecular flexibility index (Phi) is 3.82. The standard InChI is InChI=1S/C13H8BrClO2/c14-10-4-5-13(9(6-10)8-16)17-12-3-1-2-11(15)7-12/h1-8H. The quantitative estimate of drug-likeness (QED) is 0.768. The lowest BCUT2D eigenvalue weighted by molar-refractivity contribution is 0.112. The van der Waals surface area contributed by atoms with Gasteiger partial charge in [-0.2, -0.15) is 0 Å². The molecule has 0 N–H and O–H groups in total. The van der Waals surface area contributed by atoms with Gasteiger partial charge in [0, 0.05) is 9.50 Å². The lowest BCUT2D eigenvalue weighted by atomic mass is 10.2. The summed E-state index contributed by atoms with van der Waals surface area (Å²) >= 11 is 9.15. The molecule has 0 saturated carbocycles. The van der Waals surface area contributed by atoms with Crippen LogP contribution >= 0.6 is 27.5 Å². The number of rotatable bonds is 3. The maximum absolute atomic E-state index is 10.9. The number of halogens is 2. The molecule has 0 aromatic heterocycles. The molecule has 0 aliphatic heterocycles. The normalized spacial score (nSPS) is 10.0. The van der Waals surface area contributed by atoms with Crippen LogP contribution in [-0.4, -0.2) is 6.29 Å². The van der Waals surface area contributed by atoms with E-state index in [9.17, 15) is 4.79 Å². The molecule has 2 aromatic carbocycles. The van der Waals surface area contributed by atoms with Gasteiger partial charge in [-0.1, -0.05) is 33.6 Å². The predicted molar refractivity (Wildman–Crippen MR) is 71.1 cm³/mol. The molecule has 0 spiro atoms. The van der Waals surface area contributed by atoms with Gasteiger partial charge in [0.15, 0.2) is 6.29 Å². The maximum Gasteiger partial charge on any atom is 0.153 e. The minimum absolute atomic E-state index is 0.486. The van der Waals surface area contributed by atoms with Crippen LogP contribution in [0.1, 0.15) is 10.4 Å². The highest BCUT2D eigenvalue weighted by Gasteiger charge is 2.05. The van der Waals surface area contributed by atoms with Crippen molar-refractivity contribution in [3.63, 3.8) is 0 Å². The van der Waals surface area contributed by atoms with E-state index in [1.807, 2.05) is 6.07 Å². The summed E-state index contributed by atoms with van der Waals surface area (Å²) in [5.41, 5.74) is 0.486. The van der Waals surface area contributed by atoms with Gasteiger partial charge in [-0.05, 0) is 36.4 Å². The van der Waals surface area contributed by atoms with E-state index in [4.69, 9.17) is 16.3 Å². The first-order valence-electron chi connectivity index (χ1n) is 4.87. The molecule has 2 rings (SSSR count). The molecule has 0 unspecified atom stereocenters. The lowest BCUT2D eigenvalue weighted by Crippen LogP contribution is -1.90. The van der Waals surface area contributed by atoms with Crippen molar-refractivity contribution >= 4 is 33.8 Å². The molecule has 2 aromatic rings. The average Bonchev–Trinajstić information content (AvgIpc) is 2.31. The molecule has 17 heavy (non-hydrogen) atoms. The molecule has 4 heteroatoms. The van der Waals surface area contributed by atoms with Gasteiger partial charge in [-0.25, -0.2) is 0 Å². The van der Waals surface area contributed by atoms with Crippen molar-refractivity contribution in [1.29, 1.82) is 0 Å². The first kappa shape index (κ1) is 12.1. The first-order valence-corrected chi connectivity index (χ1v) is 6.04. The monoisotopic (exact) mass is 310 g/mol. The Labute approximate surface area is 112 Å². The largest absolute Gasteiger partial charge is 0.457 e. The topological polar surface area (TPSA) is 26.3 Å². The number of hydrogen-bond acceptors (Lipinski definition) is 2. The fourth-order valence-electron chi connectivity index (χ4n) is 1.36. The summed E-state index contributed by atoms with van der Waals surface area (Å²) in [6.07, 6.45) is 0.755. The van der Waals surface area contributed by atoms with Crippen LogP contribution in [0.2, 0.25) is 5.02 Å². The van der Waals surface area contributed by atoms with Crippen LogP contribution in [0.15, 0.2) is 46.9 Å². The number of ether oxygens (including phenoxy) is 1. The van der Waals surface area contributed by atoms with E-state index in [2.05, 4.69) is 15.9 Å². The van der Waals surface area contributed by atoms with Gasteiger partial charge >= 0.3 is 0 Å². The molecule has 0 heterocycles. The highest BCUT2D eigenvalue weighted by atomic mass is 79.9. The summed E-state index contributed by atoms with van der Waals surface area (Å²) in [6, 6.07) is 12.3. The van der Waals surface area contributed by atoms with Crippen LogP contribution in [0.25, 0.3) is 0 Å². The molecular weight excluding hydrogens is 303 g/mol. The van der Waals surface area contributed by atoms with Crippen molar-refractivity contribution in [1.82, 2.24) is 0 Å². The predicted octanol–water partition coefficient (Wildman–Crippen LogP) is 4.71. The van der Waals surface area contributed by atoms with Crippen LogP contribution in [-0.2, 0) is 0 Å². The summed E-state index contributed by atoms with van der Waals surface area (Å²) < 4.78 is 6.43. The Morgan fingerprint density at radius 1 is 1.18 bits per heavy atom. The smallest absolute Gasteiger partial charge is 0.153 e. The van der Waals surface area contributed by atoms with Gasteiger partial charge in [-0.3, -0.25) is 4.79 Å². The number of carbonyl (C=O) groups excluding carboxylic acids is 1. The molecular formula is C13H8BrClO2. The van der Waals surface area contributed by atoms with Crippen LogP contribution in [0, 0.1) is 0 Å². The molecule has 0 amide bonds. The third-order valence-corrected chi connectivity index (χ3v) is 2.85. The zero-order valence-electron chi connectivity index (χ0n) is 8.69. The van der Waals surface area contributed by atoms with E-state index < -0.39 is 0 Å². The molecule has 2 nitrogen and oxygen atoms in total. The van der Waals surface area contributed by atoms with Gasteiger partial charge in [0.2, 0.25) is 0 Å². The summed E-state index contributed by atoms with van der Waals surface area (Å²) in [4.78, 5) is 10.9. The van der Waals surface area contributed by atoms with Crippen LogP contribution < -0.4 is 4.74 Å². The summed E-state index contributed by atoms with van der Waals surface area (Å²) in [5.74, 6) is 1.10. The zero-order chi connectivity index (χ0) is 12.3.